The predicted molar refractivity (Wildman–Crippen MR) is 137 cm³/mol. The van der Waals surface area contributed by atoms with Gasteiger partial charge in [0.15, 0.2) is 11.9 Å². The van der Waals surface area contributed by atoms with Gasteiger partial charge in [-0.1, -0.05) is 23.4 Å². The molecule has 2 saturated heterocycles. The summed E-state index contributed by atoms with van der Waals surface area (Å²) in [6.45, 7) is 6.62. The summed E-state index contributed by atoms with van der Waals surface area (Å²) in [7, 11) is 3.75. The Kier molecular flexibility index (Phi) is 8.89. The monoisotopic (exact) mass is 476 g/mol. The first-order valence-corrected chi connectivity index (χ1v) is 12.5. The number of benzene rings is 2. The number of likely N-dealkylation sites (tertiary alicyclic amines) is 1. The summed E-state index contributed by atoms with van der Waals surface area (Å²) in [6, 6.07) is 14.2. The number of ether oxygens (including phenoxy) is 2. The highest BCUT2D eigenvalue weighted by Gasteiger charge is 2.25. The first kappa shape index (κ1) is 25.3. The van der Waals surface area contributed by atoms with Crippen molar-refractivity contribution in [3.8, 4) is 17.2 Å². The second kappa shape index (κ2) is 12.3. The van der Waals surface area contributed by atoms with E-state index in [1.54, 1.807) is 0 Å². The topological polar surface area (TPSA) is 83.6 Å². The number of aryl methyl sites for hydroxylation is 2. The van der Waals surface area contributed by atoms with Gasteiger partial charge in [0.1, 0.15) is 0 Å². The molecular formula is C28H36N4O3. The number of piperidine rings is 1. The second-order valence-corrected chi connectivity index (χ2v) is 9.39. The Balaban J connectivity index is 0.000000917. The van der Waals surface area contributed by atoms with Gasteiger partial charge in [0.05, 0.1) is 30.5 Å². The minimum atomic E-state index is -0.0384. The molecule has 0 bridgehead atoms. The third-order valence-electron chi connectivity index (χ3n) is 6.86. The van der Waals surface area contributed by atoms with Gasteiger partial charge in [-0.15, -0.1) is 0 Å². The molecule has 0 amide bonds. The fourth-order valence-corrected chi connectivity index (χ4v) is 4.96. The average Bonchev–Trinajstić information content (AvgIpc) is 3.55. The van der Waals surface area contributed by atoms with E-state index in [9.17, 15) is 5.26 Å². The molecule has 1 N–H and O–H groups in total. The minimum absolute atomic E-state index is 0.0384. The SMILES string of the molecule is CNC.Cc1c(-c2cccc(C#N)c2)ccc2c(CCC3CCN(CC4OCCO4)CC3)noc12. The number of nitriles is 1. The molecule has 7 nitrogen and oxygen atoms in total. The van der Waals surface area contributed by atoms with E-state index in [0.717, 1.165) is 85.0 Å². The van der Waals surface area contributed by atoms with Crippen molar-refractivity contribution in [1.29, 1.82) is 5.26 Å². The van der Waals surface area contributed by atoms with Crippen LogP contribution in [-0.4, -0.2) is 63.3 Å². The Hall–Kier alpha value is -2.76. The molecule has 0 unspecified atom stereocenters. The molecule has 0 radical (unpaired) electrons. The second-order valence-electron chi connectivity index (χ2n) is 9.39. The quantitative estimate of drug-likeness (QED) is 0.560. The van der Waals surface area contributed by atoms with Gasteiger partial charge in [-0.05, 0) is 95.0 Å². The Morgan fingerprint density at radius 1 is 1.11 bits per heavy atom. The van der Waals surface area contributed by atoms with Gasteiger partial charge in [-0.3, -0.25) is 4.90 Å². The van der Waals surface area contributed by atoms with Crippen molar-refractivity contribution in [3.63, 3.8) is 0 Å². The summed E-state index contributed by atoms with van der Waals surface area (Å²) >= 11 is 0. The minimum Gasteiger partial charge on any atom is -0.356 e. The molecule has 0 spiro atoms. The summed E-state index contributed by atoms with van der Waals surface area (Å²) in [5, 5.41) is 17.5. The van der Waals surface area contributed by atoms with E-state index in [1.807, 2.05) is 38.4 Å². The van der Waals surface area contributed by atoms with E-state index in [4.69, 9.17) is 14.0 Å². The van der Waals surface area contributed by atoms with Crippen molar-refractivity contribution in [2.24, 2.45) is 5.92 Å². The van der Waals surface area contributed by atoms with Gasteiger partial charge in [-0.2, -0.15) is 5.26 Å². The van der Waals surface area contributed by atoms with Crippen LogP contribution in [0, 0.1) is 24.2 Å². The van der Waals surface area contributed by atoms with E-state index < -0.39 is 0 Å². The standard InChI is InChI=1S/C26H29N3O3.C2H7N/c1-18-22(21-4-2-3-20(15-21)16-27)6-7-23-24(28-32-26(18)23)8-5-19-9-11-29(12-10-19)17-25-30-13-14-31-25;1-3-2/h2-4,6-7,15,19,25H,5,8-14,17H2,1H3;3H,1-2H3. The number of nitrogens with zero attached hydrogens (tertiary/aromatic N) is 3. The molecule has 7 heteroatoms. The molecule has 0 atom stereocenters. The number of aromatic nitrogens is 1. The van der Waals surface area contributed by atoms with Crippen molar-refractivity contribution in [2.75, 3.05) is 46.9 Å². The van der Waals surface area contributed by atoms with Crippen molar-refractivity contribution < 1.29 is 14.0 Å². The molecule has 5 rings (SSSR count). The van der Waals surface area contributed by atoms with Crippen LogP contribution < -0.4 is 5.32 Å². The van der Waals surface area contributed by atoms with E-state index in [2.05, 4.69) is 40.5 Å². The molecule has 0 aliphatic carbocycles. The van der Waals surface area contributed by atoms with Crippen molar-refractivity contribution in [3.05, 3.63) is 53.2 Å². The van der Waals surface area contributed by atoms with E-state index in [-0.39, 0.29) is 6.29 Å². The summed E-state index contributed by atoms with van der Waals surface area (Å²) in [4.78, 5) is 2.46. The third-order valence-corrected chi connectivity index (χ3v) is 6.86. The number of fused-ring (bicyclic) bond motifs is 1. The lowest BCUT2D eigenvalue weighted by atomic mass is 9.90. The smallest absolute Gasteiger partial charge is 0.170 e. The molecule has 2 fully saturated rings. The van der Waals surface area contributed by atoms with Gasteiger partial charge in [-0.25, -0.2) is 0 Å². The van der Waals surface area contributed by atoms with Crippen LogP contribution in [0.25, 0.3) is 22.1 Å². The Morgan fingerprint density at radius 3 is 2.57 bits per heavy atom. The van der Waals surface area contributed by atoms with Gasteiger partial charge < -0.3 is 19.3 Å². The summed E-state index contributed by atoms with van der Waals surface area (Å²) in [5.74, 6) is 0.720. The zero-order valence-corrected chi connectivity index (χ0v) is 21.0. The Bertz CT molecular complexity index is 1140. The largest absolute Gasteiger partial charge is 0.356 e. The third kappa shape index (κ3) is 6.28. The molecule has 2 aliphatic heterocycles. The lowest BCUT2D eigenvalue weighted by Gasteiger charge is -2.32. The predicted octanol–water partition coefficient (Wildman–Crippen LogP) is 4.53. The van der Waals surface area contributed by atoms with E-state index in [1.165, 1.54) is 12.8 Å². The lowest BCUT2D eigenvalue weighted by molar-refractivity contribution is -0.0661. The Labute approximate surface area is 208 Å². The van der Waals surface area contributed by atoms with Crippen LogP contribution in [0.4, 0.5) is 0 Å². The summed E-state index contributed by atoms with van der Waals surface area (Å²) in [5.41, 5.74) is 5.75. The van der Waals surface area contributed by atoms with E-state index >= 15 is 0 Å². The van der Waals surface area contributed by atoms with E-state index in [0.29, 0.717) is 5.56 Å². The summed E-state index contributed by atoms with van der Waals surface area (Å²) in [6.07, 6.45) is 4.46. The fourth-order valence-electron chi connectivity index (χ4n) is 4.96. The number of rotatable bonds is 6. The molecule has 2 aromatic carbocycles. The highest BCUT2D eigenvalue weighted by Crippen LogP contribution is 2.33. The Morgan fingerprint density at radius 2 is 1.86 bits per heavy atom. The van der Waals surface area contributed by atoms with Crippen LogP contribution in [0.5, 0.6) is 0 Å². The first-order valence-electron chi connectivity index (χ1n) is 12.5. The molecule has 1 aromatic heterocycles. The van der Waals surface area contributed by atoms with Crippen LogP contribution in [0.1, 0.15) is 36.1 Å². The van der Waals surface area contributed by atoms with Gasteiger partial charge in [0.25, 0.3) is 0 Å². The molecule has 35 heavy (non-hydrogen) atoms. The van der Waals surface area contributed by atoms with Crippen molar-refractivity contribution in [1.82, 2.24) is 15.4 Å². The fraction of sp³-hybridized carbons (Fsp3) is 0.500. The first-order chi connectivity index (χ1) is 17.1. The number of nitrogens with one attached hydrogen (secondary N) is 1. The van der Waals surface area contributed by atoms with Gasteiger partial charge in [0.2, 0.25) is 0 Å². The van der Waals surface area contributed by atoms with Crippen LogP contribution in [-0.2, 0) is 15.9 Å². The zero-order valence-electron chi connectivity index (χ0n) is 21.0. The molecule has 0 saturated carbocycles. The van der Waals surface area contributed by atoms with Crippen LogP contribution >= 0.6 is 0 Å². The maximum absolute atomic E-state index is 9.21. The zero-order chi connectivity index (χ0) is 24.6. The number of hydrogen-bond acceptors (Lipinski definition) is 7. The molecule has 3 heterocycles. The highest BCUT2D eigenvalue weighted by molar-refractivity contribution is 5.89. The molecular weight excluding hydrogens is 440 g/mol. The average molecular weight is 477 g/mol. The molecule has 186 valence electrons. The highest BCUT2D eigenvalue weighted by atomic mass is 16.7. The molecule has 2 aliphatic rings. The van der Waals surface area contributed by atoms with Crippen molar-refractivity contribution >= 4 is 11.0 Å². The maximum atomic E-state index is 9.21. The van der Waals surface area contributed by atoms with Crippen LogP contribution in [0.15, 0.2) is 40.9 Å². The van der Waals surface area contributed by atoms with Crippen molar-refractivity contribution in [2.45, 2.75) is 38.9 Å². The number of hydrogen-bond donors (Lipinski definition) is 1. The summed E-state index contributed by atoms with van der Waals surface area (Å²) < 4.78 is 16.9. The van der Waals surface area contributed by atoms with Crippen LogP contribution in [0.2, 0.25) is 0 Å². The molecule has 3 aromatic rings. The van der Waals surface area contributed by atoms with Crippen LogP contribution in [0.3, 0.4) is 0 Å². The maximum Gasteiger partial charge on any atom is 0.170 e. The van der Waals surface area contributed by atoms with Gasteiger partial charge >= 0.3 is 0 Å². The normalized spacial score (nSPS) is 17.3. The lowest BCUT2D eigenvalue weighted by Crippen LogP contribution is -2.39. The van der Waals surface area contributed by atoms with Gasteiger partial charge in [0, 0.05) is 17.5 Å².